The molecule has 1 aromatic rings. The summed E-state index contributed by atoms with van der Waals surface area (Å²) < 4.78 is 5.68. The van der Waals surface area contributed by atoms with Crippen LogP contribution in [-0.2, 0) is 0 Å². The lowest BCUT2D eigenvalue weighted by Gasteiger charge is -2.18. The molecule has 0 aliphatic carbocycles. The van der Waals surface area contributed by atoms with Crippen molar-refractivity contribution in [2.24, 2.45) is 5.16 Å². The van der Waals surface area contributed by atoms with Crippen LogP contribution in [0.2, 0.25) is 5.02 Å². The zero-order valence-corrected chi connectivity index (χ0v) is 11.5. The number of hydrogen-bond donors (Lipinski definition) is 1. The van der Waals surface area contributed by atoms with Gasteiger partial charge in [0.25, 0.3) is 0 Å². The molecule has 100 valence electrons. The first-order valence-corrected chi connectivity index (χ1v) is 6.41. The van der Waals surface area contributed by atoms with Gasteiger partial charge in [-0.3, -0.25) is 0 Å². The van der Waals surface area contributed by atoms with E-state index in [1.165, 1.54) is 6.21 Å². The number of hydrogen-bond acceptors (Lipinski definition) is 4. The van der Waals surface area contributed by atoms with Crippen molar-refractivity contribution in [2.45, 2.75) is 13.8 Å². The number of oxime groups is 1. The summed E-state index contributed by atoms with van der Waals surface area (Å²) in [5.74, 6) is 0.671. The highest BCUT2D eigenvalue weighted by Gasteiger charge is 2.04. The topological polar surface area (TPSA) is 45.1 Å². The number of likely N-dealkylation sites (N-methyl/N-ethyl adjacent to an activating group) is 1. The Kier molecular flexibility index (Phi) is 6.54. The predicted octanol–water partition coefficient (Wildman–Crippen LogP) is 2.87. The van der Waals surface area contributed by atoms with E-state index in [4.69, 9.17) is 21.5 Å². The Bertz CT molecular complexity index is 393. The van der Waals surface area contributed by atoms with Crippen LogP contribution in [0.3, 0.4) is 0 Å². The third-order valence-corrected chi connectivity index (χ3v) is 2.96. The molecule has 0 fully saturated rings. The third kappa shape index (κ3) is 4.55. The van der Waals surface area contributed by atoms with Crippen LogP contribution in [0, 0.1) is 0 Å². The van der Waals surface area contributed by atoms with Crippen LogP contribution in [0.4, 0.5) is 0 Å². The van der Waals surface area contributed by atoms with Crippen molar-refractivity contribution in [3.8, 4) is 5.75 Å². The first-order chi connectivity index (χ1) is 8.71. The number of benzene rings is 1. The molecular weight excluding hydrogens is 252 g/mol. The summed E-state index contributed by atoms with van der Waals surface area (Å²) in [6.07, 6.45) is 1.32. The second-order valence-electron chi connectivity index (χ2n) is 3.80. The van der Waals surface area contributed by atoms with E-state index < -0.39 is 0 Å². The van der Waals surface area contributed by atoms with E-state index in [-0.39, 0.29) is 0 Å². The molecule has 0 heterocycles. The van der Waals surface area contributed by atoms with Gasteiger partial charge in [-0.25, -0.2) is 0 Å². The van der Waals surface area contributed by atoms with Crippen molar-refractivity contribution in [2.75, 3.05) is 26.2 Å². The molecule has 4 nitrogen and oxygen atoms in total. The molecule has 0 saturated heterocycles. The zero-order valence-electron chi connectivity index (χ0n) is 10.8. The minimum Gasteiger partial charge on any atom is -0.492 e. The van der Waals surface area contributed by atoms with Gasteiger partial charge in [-0.05, 0) is 31.3 Å². The molecule has 1 rings (SSSR count). The van der Waals surface area contributed by atoms with E-state index in [1.54, 1.807) is 18.2 Å². The third-order valence-electron chi connectivity index (χ3n) is 2.73. The Labute approximate surface area is 113 Å². The van der Waals surface area contributed by atoms with E-state index >= 15 is 0 Å². The summed E-state index contributed by atoms with van der Waals surface area (Å²) in [5.41, 5.74) is 0.671. The molecule has 0 spiro atoms. The van der Waals surface area contributed by atoms with Gasteiger partial charge in [-0.15, -0.1) is 0 Å². The van der Waals surface area contributed by atoms with Crippen molar-refractivity contribution in [3.05, 3.63) is 28.8 Å². The fourth-order valence-corrected chi connectivity index (χ4v) is 1.82. The first-order valence-electron chi connectivity index (χ1n) is 6.03. The maximum Gasteiger partial charge on any atom is 0.128 e. The largest absolute Gasteiger partial charge is 0.492 e. The molecule has 0 unspecified atom stereocenters. The molecule has 0 saturated carbocycles. The summed E-state index contributed by atoms with van der Waals surface area (Å²) in [5, 5.41) is 12.2. The summed E-state index contributed by atoms with van der Waals surface area (Å²) in [6.45, 7) is 7.71. The van der Waals surface area contributed by atoms with Crippen LogP contribution in [0.15, 0.2) is 23.4 Å². The van der Waals surface area contributed by atoms with Gasteiger partial charge in [-0.1, -0.05) is 30.6 Å². The molecule has 0 amide bonds. The van der Waals surface area contributed by atoms with Crippen LogP contribution >= 0.6 is 11.6 Å². The quantitative estimate of drug-likeness (QED) is 0.471. The number of halogens is 1. The fraction of sp³-hybridized carbons (Fsp3) is 0.462. The summed E-state index contributed by atoms with van der Waals surface area (Å²) in [4.78, 5) is 2.27. The lowest BCUT2D eigenvalue weighted by Crippen LogP contribution is -2.28. The van der Waals surface area contributed by atoms with Crippen molar-refractivity contribution in [3.63, 3.8) is 0 Å². The van der Waals surface area contributed by atoms with Gasteiger partial charge in [0.15, 0.2) is 0 Å². The Hall–Kier alpha value is -1.26. The van der Waals surface area contributed by atoms with Gasteiger partial charge >= 0.3 is 0 Å². The van der Waals surface area contributed by atoms with Crippen molar-refractivity contribution in [1.29, 1.82) is 0 Å². The molecule has 0 atom stereocenters. The molecule has 5 heteroatoms. The molecule has 0 bridgehead atoms. The molecule has 1 N–H and O–H groups in total. The number of ether oxygens (including phenoxy) is 1. The Balaban J connectivity index is 2.61. The summed E-state index contributed by atoms with van der Waals surface area (Å²) in [6, 6.07) is 5.23. The van der Waals surface area contributed by atoms with Crippen molar-refractivity contribution in [1.82, 2.24) is 4.90 Å². The molecule has 0 aliphatic rings. The van der Waals surface area contributed by atoms with E-state index in [1.807, 2.05) is 0 Å². The van der Waals surface area contributed by atoms with E-state index in [9.17, 15) is 0 Å². The van der Waals surface area contributed by atoms with Gasteiger partial charge < -0.3 is 14.8 Å². The lowest BCUT2D eigenvalue weighted by atomic mass is 10.2. The highest BCUT2D eigenvalue weighted by atomic mass is 35.5. The minimum absolute atomic E-state index is 0.584. The maximum atomic E-state index is 8.59. The van der Waals surface area contributed by atoms with Crippen LogP contribution in [-0.4, -0.2) is 42.6 Å². The van der Waals surface area contributed by atoms with Crippen molar-refractivity contribution < 1.29 is 9.94 Å². The minimum atomic E-state index is 0.584. The molecule has 0 aliphatic heterocycles. The molecular formula is C13H19ClN2O2. The van der Waals surface area contributed by atoms with E-state index in [0.717, 1.165) is 19.6 Å². The van der Waals surface area contributed by atoms with Gasteiger partial charge in [0.05, 0.1) is 6.21 Å². The smallest absolute Gasteiger partial charge is 0.128 e. The SMILES string of the molecule is CCN(CC)CCOc1ccc(Cl)cc1C=NO. The molecule has 0 radical (unpaired) electrons. The summed E-state index contributed by atoms with van der Waals surface area (Å²) in [7, 11) is 0. The molecule has 1 aromatic carbocycles. The van der Waals surface area contributed by atoms with E-state index in [2.05, 4.69) is 23.9 Å². The average Bonchev–Trinajstić information content (AvgIpc) is 2.37. The standard InChI is InChI=1S/C13H19ClN2O2/c1-3-16(4-2)7-8-18-13-6-5-12(14)9-11(13)10-15-17/h5-6,9-10,17H,3-4,7-8H2,1-2H3. The fourth-order valence-electron chi connectivity index (χ4n) is 1.64. The van der Waals surface area contributed by atoms with Crippen LogP contribution < -0.4 is 4.74 Å². The number of rotatable bonds is 7. The maximum absolute atomic E-state index is 8.59. The van der Waals surface area contributed by atoms with Crippen LogP contribution in [0.1, 0.15) is 19.4 Å². The monoisotopic (exact) mass is 270 g/mol. The molecule has 18 heavy (non-hydrogen) atoms. The summed E-state index contributed by atoms with van der Waals surface area (Å²) >= 11 is 5.87. The van der Waals surface area contributed by atoms with E-state index in [0.29, 0.717) is 22.9 Å². The number of nitrogens with zero attached hydrogens (tertiary/aromatic N) is 2. The van der Waals surface area contributed by atoms with Gasteiger partial charge in [0.2, 0.25) is 0 Å². The second-order valence-corrected chi connectivity index (χ2v) is 4.24. The Morgan fingerprint density at radius 3 is 2.72 bits per heavy atom. The highest BCUT2D eigenvalue weighted by molar-refractivity contribution is 6.30. The second kappa shape index (κ2) is 7.95. The average molecular weight is 271 g/mol. The normalized spacial score (nSPS) is 11.3. The highest BCUT2D eigenvalue weighted by Crippen LogP contribution is 2.21. The zero-order chi connectivity index (χ0) is 13.4. The Morgan fingerprint density at radius 1 is 1.39 bits per heavy atom. The van der Waals surface area contributed by atoms with Gasteiger partial charge in [0, 0.05) is 17.1 Å². The van der Waals surface area contributed by atoms with Crippen molar-refractivity contribution >= 4 is 17.8 Å². The predicted molar refractivity (Wildman–Crippen MR) is 74.1 cm³/mol. The van der Waals surface area contributed by atoms with Crippen LogP contribution in [0.5, 0.6) is 5.75 Å². The molecule has 0 aromatic heterocycles. The first kappa shape index (κ1) is 14.8. The Morgan fingerprint density at radius 2 is 2.11 bits per heavy atom. The van der Waals surface area contributed by atoms with Gasteiger partial charge in [-0.2, -0.15) is 0 Å². The lowest BCUT2D eigenvalue weighted by molar-refractivity contribution is 0.222. The van der Waals surface area contributed by atoms with Crippen LogP contribution in [0.25, 0.3) is 0 Å². The van der Waals surface area contributed by atoms with Gasteiger partial charge in [0.1, 0.15) is 12.4 Å².